The van der Waals surface area contributed by atoms with E-state index in [4.69, 9.17) is 22.4 Å². The van der Waals surface area contributed by atoms with Crippen molar-refractivity contribution in [3.05, 3.63) is 35.4 Å². The van der Waals surface area contributed by atoms with Crippen molar-refractivity contribution in [3.63, 3.8) is 0 Å². The summed E-state index contributed by atoms with van der Waals surface area (Å²) >= 11 is 5.65. The van der Waals surface area contributed by atoms with E-state index in [0.29, 0.717) is 0 Å². The topological polar surface area (TPSA) is 80.4 Å². The molecule has 1 aromatic carbocycles. The highest BCUT2D eigenvalue weighted by Gasteiger charge is 2.20. The number of rotatable bonds is 3. The highest BCUT2D eigenvalue weighted by molar-refractivity contribution is 6.31. The summed E-state index contributed by atoms with van der Waals surface area (Å²) in [6.07, 6.45) is 0. The summed E-state index contributed by atoms with van der Waals surface area (Å²) < 4.78 is 0. The fraction of sp³-hybridized carbons (Fsp3) is 0.111. The largest absolute Gasteiger partial charge is 0.478 e. The lowest BCUT2D eigenvalue weighted by atomic mass is 10.0. The van der Waals surface area contributed by atoms with Gasteiger partial charge in [-0.05, 0) is 11.6 Å². The van der Waals surface area contributed by atoms with Gasteiger partial charge in [0.25, 0.3) is 0 Å². The number of amides is 1. The average Bonchev–Trinajstić information content (AvgIpc) is 2.16. The number of halogens is 1. The molecule has 5 heteroatoms. The Hall–Kier alpha value is -1.55. The fourth-order valence-corrected chi connectivity index (χ4v) is 1.26. The molecule has 1 aromatic rings. The van der Waals surface area contributed by atoms with Gasteiger partial charge in [0.15, 0.2) is 0 Å². The van der Waals surface area contributed by atoms with Crippen LogP contribution in [-0.2, 0) is 4.79 Å². The minimum Gasteiger partial charge on any atom is -0.478 e. The van der Waals surface area contributed by atoms with Crippen molar-refractivity contribution in [1.82, 2.24) is 0 Å². The van der Waals surface area contributed by atoms with Gasteiger partial charge in [-0.3, -0.25) is 4.79 Å². The number of carboxylic acid groups (broad SMARTS) is 1. The zero-order valence-corrected chi connectivity index (χ0v) is 7.86. The van der Waals surface area contributed by atoms with Crippen LogP contribution in [0.5, 0.6) is 0 Å². The van der Waals surface area contributed by atoms with Crippen molar-refractivity contribution in [1.29, 1.82) is 0 Å². The Bertz CT molecular complexity index is 378. The van der Waals surface area contributed by atoms with E-state index in [-0.39, 0.29) is 11.1 Å². The predicted molar refractivity (Wildman–Crippen MR) is 51.2 cm³/mol. The molecule has 0 bridgehead atoms. The molecule has 0 spiro atoms. The smallest absolute Gasteiger partial charge is 0.336 e. The summed E-state index contributed by atoms with van der Waals surface area (Å²) in [6, 6.07) is 5.99. The summed E-state index contributed by atoms with van der Waals surface area (Å²) in [6.45, 7) is 0. The Morgan fingerprint density at radius 1 is 1.36 bits per heavy atom. The Morgan fingerprint density at radius 2 is 1.93 bits per heavy atom. The van der Waals surface area contributed by atoms with Gasteiger partial charge in [0, 0.05) is 0 Å². The number of aromatic carboxylic acids is 1. The summed E-state index contributed by atoms with van der Waals surface area (Å²) in [5.41, 5.74) is 5.18. The molecular formula is C9H8ClNO3. The molecule has 0 saturated carbocycles. The maximum absolute atomic E-state index is 10.8. The number of carbonyl (C=O) groups is 2. The number of carbonyl (C=O) groups excluding carboxylic acids is 1. The van der Waals surface area contributed by atoms with Gasteiger partial charge in [-0.1, -0.05) is 18.2 Å². The monoisotopic (exact) mass is 213 g/mol. The number of hydrogen-bond donors (Lipinski definition) is 2. The van der Waals surface area contributed by atoms with Crippen LogP contribution in [0, 0.1) is 0 Å². The fourth-order valence-electron chi connectivity index (χ4n) is 1.07. The number of carboxylic acids is 1. The quantitative estimate of drug-likeness (QED) is 0.739. The van der Waals surface area contributed by atoms with Crippen molar-refractivity contribution in [2.75, 3.05) is 0 Å². The molecule has 1 unspecified atom stereocenters. The molecule has 4 nitrogen and oxygen atoms in total. The minimum absolute atomic E-state index is 0.00806. The first kappa shape index (κ1) is 10.5. The number of alkyl halides is 1. The van der Waals surface area contributed by atoms with Gasteiger partial charge < -0.3 is 10.8 Å². The Labute approximate surface area is 85.3 Å². The van der Waals surface area contributed by atoms with Gasteiger partial charge in [0.2, 0.25) is 5.91 Å². The molecule has 1 rings (SSSR count). The number of benzene rings is 1. The van der Waals surface area contributed by atoms with Crippen LogP contribution in [0.25, 0.3) is 0 Å². The molecule has 0 aliphatic heterocycles. The maximum atomic E-state index is 10.8. The van der Waals surface area contributed by atoms with E-state index in [2.05, 4.69) is 0 Å². The Balaban J connectivity index is 3.19. The normalized spacial score (nSPS) is 12.1. The van der Waals surface area contributed by atoms with Gasteiger partial charge >= 0.3 is 5.97 Å². The van der Waals surface area contributed by atoms with Crippen LogP contribution in [0.15, 0.2) is 24.3 Å². The van der Waals surface area contributed by atoms with E-state index in [0.717, 1.165) is 0 Å². The zero-order valence-electron chi connectivity index (χ0n) is 7.11. The summed E-state index contributed by atoms with van der Waals surface area (Å²) in [7, 11) is 0. The molecular weight excluding hydrogens is 206 g/mol. The van der Waals surface area contributed by atoms with Gasteiger partial charge in [0.1, 0.15) is 5.38 Å². The molecule has 0 heterocycles. The van der Waals surface area contributed by atoms with Crippen molar-refractivity contribution < 1.29 is 14.7 Å². The molecule has 0 aromatic heterocycles. The van der Waals surface area contributed by atoms with E-state index in [9.17, 15) is 9.59 Å². The van der Waals surface area contributed by atoms with Gasteiger partial charge in [-0.2, -0.15) is 0 Å². The first-order chi connectivity index (χ1) is 6.54. The van der Waals surface area contributed by atoms with Crippen molar-refractivity contribution in [3.8, 4) is 0 Å². The second-order valence-electron chi connectivity index (χ2n) is 2.66. The van der Waals surface area contributed by atoms with Crippen LogP contribution >= 0.6 is 11.6 Å². The molecule has 0 aliphatic carbocycles. The minimum atomic E-state index is -1.13. The lowest BCUT2D eigenvalue weighted by Crippen LogP contribution is -2.19. The first-order valence-corrected chi connectivity index (χ1v) is 4.23. The van der Waals surface area contributed by atoms with Crippen molar-refractivity contribution in [2.45, 2.75) is 5.38 Å². The zero-order chi connectivity index (χ0) is 10.7. The first-order valence-electron chi connectivity index (χ1n) is 3.79. The van der Waals surface area contributed by atoms with Crippen LogP contribution in [0.3, 0.4) is 0 Å². The molecule has 3 N–H and O–H groups in total. The van der Waals surface area contributed by atoms with E-state index in [1.165, 1.54) is 12.1 Å². The van der Waals surface area contributed by atoms with Crippen molar-refractivity contribution in [2.24, 2.45) is 5.73 Å². The van der Waals surface area contributed by atoms with Gasteiger partial charge in [-0.25, -0.2) is 4.79 Å². The molecule has 14 heavy (non-hydrogen) atoms. The van der Waals surface area contributed by atoms with E-state index < -0.39 is 17.3 Å². The summed E-state index contributed by atoms with van der Waals surface area (Å²) in [5.74, 6) is -1.90. The molecule has 0 saturated heterocycles. The lowest BCUT2D eigenvalue weighted by Gasteiger charge is -2.08. The van der Waals surface area contributed by atoms with Crippen LogP contribution in [0.1, 0.15) is 21.3 Å². The molecule has 0 aliphatic rings. The third-order valence-corrected chi connectivity index (χ3v) is 2.16. The average molecular weight is 214 g/mol. The second kappa shape index (κ2) is 4.11. The van der Waals surface area contributed by atoms with Gasteiger partial charge in [0.05, 0.1) is 5.56 Å². The lowest BCUT2D eigenvalue weighted by molar-refractivity contribution is -0.117. The van der Waals surface area contributed by atoms with Crippen LogP contribution < -0.4 is 5.73 Å². The maximum Gasteiger partial charge on any atom is 0.336 e. The summed E-state index contributed by atoms with van der Waals surface area (Å²) in [5, 5.41) is 7.68. The molecule has 0 fully saturated rings. The van der Waals surface area contributed by atoms with Crippen LogP contribution in [0.4, 0.5) is 0 Å². The van der Waals surface area contributed by atoms with Crippen LogP contribution in [-0.4, -0.2) is 17.0 Å². The third kappa shape index (κ3) is 2.03. The van der Waals surface area contributed by atoms with E-state index >= 15 is 0 Å². The molecule has 1 atom stereocenters. The van der Waals surface area contributed by atoms with E-state index in [1.54, 1.807) is 12.1 Å². The second-order valence-corrected chi connectivity index (χ2v) is 3.09. The van der Waals surface area contributed by atoms with Gasteiger partial charge in [-0.15, -0.1) is 11.6 Å². The number of nitrogens with two attached hydrogens (primary N) is 1. The third-order valence-electron chi connectivity index (χ3n) is 1.71. The highest BCUT2D eigenvalue weighted by atomic mass is 35.5. The standard InChI is InChI=1S/C9H8ClNO3/c10-7(8(11)12)5-3-1-2-4-6(5)9(13)14/h1-4,7H,(H2,11,12)(H,13,14). The Morgan fingerprint density at radius 3 is 2.43 bits per heavy atom. The molecule has 74 valence electrons. The number of primary amides is 1. The highest BCUT2D eigenvalue weighted by Crippen LogP contribution is 2.23. The summed E-state index contributed by atoms with van der Waals surface area (Å²) in [4.78, 5) is 21.5. The SMILES string of the molecule is NC(=O)C(Cl)c1ccccc1C(=O)O. The number of hydrogen-bond acceptors (Lipinski definition) is 2. The molecule has 1 amide bonds. The van der Waals surface area contributed by atoms with Crippen LogP contribution in [0.2, 0.25) is 0 Å². The van der Waals surface area contributed by atoms with E-state index in [1.807, 2.05) is 0 Å². The Kier molecular flexibility index (Phi) is 3.09. The molecule has 0 radical (unpaired) electrons. The van der Waals surface area contributed by atoms with Crippen molar-refractivity contribution >= 4 is 23.5 Å². The predicted octanol–water partition coefficient (Wildman–Crippen LogP) is 1.15.